The minimum atomic E-state index is 0.401. The van der Waals surface area contributed by atoms with Gasteiger partial charge in [-0.15, -0.1) is 0 Å². The van der Waals surface area contributed by atoms with Crippen molar-refractivity contribution in [1.29, 1.82) is 0 Å². The zero-order valence-corrected chi connectivity index (χ0v) is 12.3. The Kier molecular flexibility index (Phi) is 4.81. The molecular weight excluding hydrogens is 305 g/mol. The molecule has 2 aromatic carbocycles. The van der Waals surface area contributed by atoms with Gasteiger partial charge in [0, 0.05) is 17.1 Å². The maximum Gasteiger partial charge on any atom is 0.156 e. The number of nitrogen functional groups attached to an aromatic ring is 1. The van der Waals surface area contributed by atoms with Crippen molar-refractivity contribution in [3.05, 3.63) is 57.0 Å². The van der Waals surface area contributed by atoms with Crippen LogP contribution in [0.3, 0.4) is 0 Å². The van der Waals surface area contributed by atoms with Gasteiger partial charge < -0.3 is 10.5 Å². The SMILES string of the molecule is Nc1ccccc1CCOc1c(Cl)cc(Cl)cc1Cl. The zero-order chi connectivity index (χ0) is 13.8. The highest BCUT2D eigenvalue weighted by molar-refractivity contribution is 6.40. The van der Waals surface area contributed by atoms with E-state index in [-0.39, 0.29) is 0 Å². The topological polar surface area (TPSA) is 35.2 Å². The molecule has 2 N–H and O–H groups in total. The molecule has 2 rings (SSSR count). The van der Waals surface area contributed by atoms with Crippen molar-refractivity contribution < 1.29 is 4.74 Å². The summed E-state index contributed by atoms with van der Waals surface area (Å²) < 4.78 is 5.60. The third-order valence-corrected chi connectivity index (χ3v) is 3.42. The van der Waals surface area contributed by atoms with E-state index < -0.39 is 0 Å². The molecule has 0 radical (unpaired) electrons. The van der Waals surface area contributed by atoms with Gasteiger partial charge in [-0.05, 0) is 23.8 Å². The second-order valence-electron chi connectivity index (χ2n) is 4.00. The normalized spacial score (nSPS) is 10.5. The van der Waals surface area contributed by atoms with Crippen LogP contribution in [-0.4, -0.2) is 6.61 Å². The first kappa shape index (κ1) is 14.3. The van der Waals surface area contributed by atoms with Gasteiger partial charge in [-0.25, -0.2) is 0 Å². The Bertz CT molecular complexity index is 564. The molecule has 0 aliphatic rings. The number of hydrogen-bond acceptors (Lipinski definition) is 2. The van der Waals surface area contributed by atoms with Crippen LogP contribution in [0, 0.1) is 0 Å². The molecule has 0 unspecified atom stereocenters. The average molecular weight is 317 g/mol. The maximum atomic E-state index is 6.03. The lowest BCUT2D eigenvalue weighted by Gasteiger charge is -2.11. The van der Waals surface area contributed by atoms with E-state index in [0.717, 1.165) is 11.3 Å². The van der Waals surface area contributed by atoms with Crippen LogP contribution in [-0.2, 0) is 6.42 Å². The van der Waals surface area contributed by atoms with E-state index in [0.29, 0.717) is 33.8 Å². The van der Waals surface area contributed by atoms with Crippen LogP contribution < -0.4 is 10.5 Å². The van der Waals surface area contributed by atoms with E-state index in [1.807, 2.05) is 24.3 Å². The molecule has 5 heteroatoms. The van der Waals surface area contributed by atoms with Crippen LogP contribution in [0.1, 0.15) is 5.56 Å². The minimum absolute atomic E-state index is 0.401. The summed E-state index contributed by atoms with van der Waals surface area (Å²) in [6, 6.07) is 10.9. The Morgan fingerprint density at radius 3 is 2.26 bits per heavy atom. The molecule has 0 fully saturated rings. The smallest absolute Gasteiger partial charge is 0.156 e. The van der Waals surface area contributed by atoms with Crippen molar-refractivity contribution in [3.8, 4) is 5.75 Å². The summed E-state index contributed by atoms with van der Waals surface area (Å²) in [6.45, 7) is 0.440. The standard InChI is InChI=1S/C14H12Cl3NO/c15-10-7-11(16)14(12(17)8-10)19-6-5-9-3-1-2-4-13(9)18/h1-4,7-8H,5-6,18H2. The number of halogens is 3. The van der Waals surface area contributed by atoms with Crippen LogP contribution in [0.5, 0.6) is 5.75 Å². The molecule has 0 atom stereocenters. The molecule has 19 heavy (non-hydrogen) atoms. The maximum absolute atomic E-state index is 6.03. The predicted octanol–water partition coefficient (Wildman–Crippen LogP) is 4.85. The van der Waals surface area contributed by atoms with Gasteiger partial charge >= 0.3 is 0 Å². The van der Waals surface area contributed by atoms with E-state index in [1.54, 1.807) is 12.1 Å². The molecule has 0 spiro atoms. The Morgan fingerprint density at radius 1 is 1.00 bits per heavy atom. The molecule has 0 aromatic heterocycles. The largest absolute Gasteiger partial charge is 0.490 e. The monoisotopic (exact) mass is 315 g/mol. The average Bonchev–Trinajstić information content (AvgIpc) is 2.34. The first-order valence-corrected chi connectivity index (χ1v) is 6.82. The number of ether oxygens (including phenoxy) is 1. The van der Waals surface area contributed by atoms with E-state index in [9.17, 15) is 0 Å². The summed E-state index contributed by atoms with van der Waals surface area (Å²) in [4.78, 5) is 0. The number of nitrogens with two attached hydrogens (primary N) is 1. The Labute approximate surface area is 127 Å². The summed E-state index contributed by atoms with van der Waals surface area (Å²) >= 11 is 17.9. The summed E-state index contributed by atoms with van der Waals surface area (Å²) in [6.07, 6.45) is 0.682. The second kappa shape index (κ2) is 6.38. The van der Waals surface area contributed by atoms with E-state index in [4.69, 9.17) is 45.3 Å². The molecule has 100 valence electrons. The third-order valence-electron chi connectivity index (χ3n) is 2.64. The quantitative estimate of drug-likeness (QED) is 0.818. The van der Waals surface area contributed by atoms with Gasteiger partial charge in [-0.1, -0.05) is 53.0 Å². The van der Waals surface area contributed by atoms with Gasteiger partial charge in [-0.2, -0.15) is 0 Å². The Balaban J connectivity index is 2.02. The first-order valence-electron chi connectivity index (χ1n) is 5.68. The van der Waals surface area contributed by atoms with Gasteiger partial charge in [0.2, 0.25) is 0 Å². The zero-order valence-electron chi connectivity index (χ0n) is 10.00. The van der Waals surface area contributed by atoms with E-state index in [2.05, 4.69) is 0 Å². The summed E-state index contributed by atoms with van der Waals surface area (Å²) in [5, 5.41) is 1.28. The fourth-order valence-corrected chi connectivity index (χ4v) is 2.62. The molecule has 2 nitrogen and oxygen atoms in total. The van der Waals surface area contributed by atoms with Crippen molar-refractivity contribution in [2.75, 3.05) is 12.3 Å². The Morgan fingerprint density at radius 2 is 1.63 bits per heavy atom. The summed E-state index contributed by atoms with van der Waals surface area (Å²) in [5.41, 5.74) is 7.64. The van der Waals surface area contributed by atoms with Gasteiger partial charge in [0.25, 0.3) is 0 Å². The number of anilines is 1. The summed E-state index contributed by atoms with van der Waals surface area (Å²) in [7, 11) is 0. The fraction of sp³-hybridized carbons (Fsp3) is 0.143. The highest BCUT2D eigenvalue weighted by atomic mass is 35.5. The molecule has 0 aliphatic heterocycles. The van der Waals surface area contributed by atoms with Crippen LogP contribution in [0.25, 0.3) is 0 Å². The fourth-order valence-electron chi connectivity index (χ4n) is 1.69. The highest BCUT2D eigenvalue weighted by Gasteiger charge is 2.09. The third kappa shape index (κ3) is 3.69. The number of hydrogen-bond donors (Lipinski definition) is 1. The van der Waals surface area contributed by atoms with Crippen molar-refractivity contribution in [2.24, 2.45) is 0 Å². The van der Waals surface area contributed by atoms with Gasteiger partial charge in [0.05, 0.1) is 16.7 Å². The lowest BCUT2D eigenvalue weighted by Crippen LogP contribution is -2.04. The van der Waals surface area contributed by atoms with Crippen molar-refractivity contribution in [3.63, 3.8) is 0 Å². The number of benzene rings is 2. The van der Waals surface area contributed by atoms with Gasteiger partial charge in [0.15, 0.2) is 5.75 Å². The van der Waals surface area contributed by atoms with Crippen LogP contribution >= 0.6 is 34.8 Å². The Hall–Kier alpha value is -1.09. The van der Waals surface area contributed by atoms with Gasteiger partial charge in [0.1, 0.15) is 0 Å². The predicted molar refractivity (Wildman–Crippen MR) is 81.5 cm³/mol. The molecule has 2 aromatic rings. The molecule has 0 heterocycles. The van der Waals surface area contributed by atoms with Crippen molar-refractivity contribution in [2.45, 2.75) is 6.42 Å². The lowest BCUT2D eigenvalue weighted by atomic mass is 10.1. The van der Waals surface area contributed by atoms with Crippen LogP contribution in [0.2, 0.25) is 15.1 Å². The van der Waals surface area contributed by atoms with Gasteiger partial charge in [-0.3, -0.25) is 0 Å². The van der Waals surface area contributed by atoms with Crippen LogP contribution in [0.15, 0.2) is 36.4 Å². The lowest BCUT2D eigenvalue weighted by molar-refractivity contribution is 0.322. The van der Waals surface area contributed by atoms with E-state index >= 15 is 0 Å². The number of para-hydroxylation sites is 1. The molecule has 0 saturated carbocycles. The van der Waals surface area contributed by atoms with Crippen LogP contribution in [0.4, 0.5) is 5.69 Å². The number of rotatable bonds is 4. The van der Waals surface area contributed by atoms with Crippen molar-refractivity contribution in [1.82, 2.24) is 0 Å². The first-order chi connectivity index (χ1) is 9.08. The minimum Gasteiger partial charge on any atom is -0.490 e. The molecule has 0 bridgehead atoms. The molecule has 0 aliphatic carbocycles. The van der Waals surface area contributed by atoms with E-state index in [1.165, 1.54) is 0 Å². The summed E-state index contributed by atoms with van der Waals surface area (Å²) in [5.74, 6) is 0.447. The molecule has 0 amide bonds. The highest BCUT2D eigenvalue weighted by Crippen LogP contribution is 2.35. The second-order valence-corrected chi connectivity index (χ2v) is 5.25. The van der Waals surface area contributed by atoms with Crippen molar-refractivity contribution >= 4 is 40.5 Å². The molecule has 0 saturated heterocycles. The molecular formula is C14H12Cl3NO.